The SMILES string of the molecule is NNC(=O)c1ccc(CSc2ccc(Cl)cc2)o1. The molecule has 0 aliphatic heterocycles. The van der Waals surface area contributed by atoms with Gasteiger partial charge in [-0.1, -0.05) is 11.6 Å². The van der Waals surface area contributed by atoms with Crippen LogP contribution in [0.25, 0.3) is 0 Å². The van der Waals surface area contributed by atoms with Crippen molar-refractivity contribution in [3.63, 3.8) is 0 Å². The molecule has 2 aromatic rings. The van der Waals surface area contributed by atoms with Gasteiger partial charge in [-0.2, -0.15) is 0 Å². The molecular weight excluding hydrogens is 272 g/mol. The van der Waals surface area contributed by atoms with Crippen LogP contribution in [0.2, 0.25) is 5.02 Å². The fourth-order valence-corrected chi connectivity index (χ4v) is 2.25. The standard InChI is InChI=1S/C12H11ClN2O2S/c13-8-1-4-10(5-2-8)18-7-9-3-6-11(17-9)12(16)15-14/h1-6H,7,14H2,(H,15,16). The van der Waals surface area contributed by atoms with Gasteiger partial charge in [0.2, 0.25) is 0 Å². The van der Waals surface area contributed by atoms with Crippen LogP contribution in [0.4, 0.5) is 0 Å². The van der Waals surface area contributed by atoms with Crippen LogP contribution in [-0.2, 0) is 5.75 Å². The summed E-state index contributed by atoms with van der Waals surface area (Å²) in [5, 5.41) is 0.708. The number of hydrogen-bond donors (Lipinski definition) is 2. The van der Waals surface area contributed by atoms with Gasteiger partial charge in [-0.15, -0.1) is 11.8 Å². The first-order chi connectivity index (χ1) is 8.69. The number of thioether (sulfide) groups is 1. The van der Waals surface area contributed by atoms with Crippen molar-refractivity contribution in [1.29, 1.82) is 0 Å². The highest BCUT2D eigenvalue weighted by Gasteiger charge is 2.09. The van der Waals surface area contributed by atoms with Gasteiger partial charge >= 0.3 is 5.91 Å². The molecule has 0 aliphatic rings. The summed E-state index contributed by atoms with van der Waals surface area (Å²) in [4.78, 5) is 12.3. The molecule has 0 fully saturated rings. The molecule has 2 rings (SSSR count). The summed E-state index contributed by atoms with van der Waals surface area (Å²) < 4.78 is 5.34. The molecule has 18 heavy (non-hydrogen) atoms. The minimum absolute atomic E-state index is 0.212. The van der Waals surface area contributed by atoms with Crippen LogP contribution in [0, 0.1) is 0 Å². The van der Waals surface area contributed by atoms with Gasteiger partial charge in [0.1, 0.15) is 5.76 Å². The van der Waals surface area contributed by atoms with Crippen molar-refractivity contribution in [2.24, 2.45) is 5.84 Å². The van der Waals surface area contributed by atoms with Gasteiger partial charge in [0.05, 0.1) is 5.75 Å². The van der Waals surface area contributed by atoms with Gasteiger partial charge in [-0.05, 0) is 36.4 Å². The van der Waals surface area contributed by atoms with Crippen LogP contribution < -0.4 is 11.3 Å². The number of amides is 1. The zero-order valence-electron chi connectivity index (χ0n) is 9.35. The van der Waals surface area contributed by atoms with Crippen LogP contribution in [0.1, 0.15) is 16.3 Å². The topological polar surface area (TPSA) is 68.3 Å². The Kier molecular flexibility index (Phi) is 4.30. The maximum atomic E-state index is 11.2. The molecule has 0 spiro atoms. The van der Waals surface area contributed by atoms with E-state index in [1.54, 1.807) is 23.9 Å². The summed E-state index contributed by atoms with van der Waals surface area (Å²) in [5.74, 6) is 6.15. The first-order valence-corrected chi connectivity index (χ1v) is 6.53. The van der Waals surface area contributed by atoms with Crippen LogP contribution >= 0.6 is 23.4 Å². The molecule has 0 atom stereocenters. The molecular formula is C12H11ClN2O2S. The fourth-order valence-electron chi connectivity index (χ4n) is 1.33. The number of halogens is 1. The Balaban J connectivity index is 1.96. The number of nitrogens with one attached hydrogen (secondary N) is 1. The normalized spacial score (nSPS) is 10.3. The average Bonchev–Trinajstić information content (AvgIpc) is 2.86. The van der Waals surface area contributed by atoms with Gasteiger partial charge in [-0.25, -0.2) is 5.84 Å². The highest BCUT2D eigenvalue weighted by Crippen LogP contribution is 2.25. The van der Waals surface area contributed by atoms with E-state index in [0.29, 0.717) is 16.5 Å². The molecule has 94 valence electrons. The molecule has 0 saturated carbocycles. The molecule has 0 bridgehead atoms. The summed E-state index contributed by atoms with van der Waals surface area (Å²) in [6.07, 6.45) is 0. The van der Waals surface area contributed by atoms with Crippen LogP contribution in [0.15, 0.2) is 45.7 Å². The van der Waals surface area contributed by atoms with Crippen LogP contribution in [-0.4, -0.2) is 5.91 Å². The minimum Gasteiger partial charge on any atom is -0.455 e. The van der Waals surface area contributed by atoms with Gasteiger partial charge in [0, 0.05) is 9.92 Å². The van der Waals surface area contributed by atoms with Gasteiger partial charge in [0.15, 0.2) is 5.76 Å². The van der Waals surface area contributed by atoms with Crippen molar-refractivity contribution in [2.45, 2.75) is 10.6 Å². The number of furan rings is 1. The van der Waals surface area contributed by atoms with Gasteiger partial charge in [-0.3, -0.25) is 10.2 Å². The van der Waals surface area contributed by atoms with E-state index in [1.165, 1.54) is 0 Å². The number of hydrazine groups is 1. The van der Waals surface area contributed by atoms with Gasteiger partial charge < -0.3 is 4.42 Å². The smallest absolute Gasteiger partial charge is 0.300 e. The maximum Gasteiger partial charge on any atom is 0.300 e. The van der Waals surface area contributed by atoms with Gasteiger partial charge in [0.25, 0.3) is 0 Å². The van der Waals surface area contributed by atoms with E-state index in [1.807, 2.05) is 29.7 Å². The van der Waals surface area contributed by atoms with E-state index < -0.39 is 5.91 Å². The third kappa shape index (κ3) is 3.29. The molecule has 0 unspecified atom stereocenters. The van der Waals surface area contributed by atoms with E-state index in [9.17, 15) is 4.79 Å². The van der Waals surface area contributed by atoms with Crippen molar-refractivity contribution in [3.8, 4) is 0 Å². The lowest BCUT2D eigenvalue weighted by Crippen LogP contribution is -2.29. The zero-order valence-corrected chi connectivity index (χ0v) is 10.9. The lowest BCUT2D eigenvalue weighted by atomic mass is 10.4. The average molecular weight is 283 g/mol. The molecule has 0 aliphatic carbocycles. The zero-order chi connectivity index (χ0) is 13.0. The molecule has 1 aromatic carbocycles. The second kappa shape index (κ2) is 5.95. The lowest BCUT2D eigenvalue weighted by Gasteiger charge is -1.99. The largest absolute Gasteiger partial charge is 0.455 e. The number of carbonyl (C=O) groups excluding carboxylic acids is 1. The molecule has 3 N–H and O–H groups in total. The molecule has 1 aromatic heterocycles. The second-order valence-corrected chi connectivity index (χ2v) is 4.97. The third-order valence-corrected chi connectivity index (χ3v) is 3.50. The minimum atomic E-state index is -0.433. The lowest BCUT2D eigenvalue weighted by molar-refractivity contribution is 0.0924. The van der Waals surface area contributed by atoms with Crippen molar-refractivity contribution in [1.82, 2.24) is 5.43 Å². The maximum absolute atomic E-state index is 11.2. The summed E-state index contributed by atoms with van der Waals surface area (Å²) in [6.45, 7) is 0. The van der Waals surface area contributed by atoms with E-state index in [4.69, 9.17) is 21.9 Å². The quantitative estimate of drug-likeness (QED) is 0.392. The van der Waals surface area contributed by atoms with Crippen molar-refractivity contribution >= 4 is 29.3 Å². The Morgan fingerprint density at radius 2 is 2.00 bits per heavy atom. The van der Waals surface area contributed by atoms with Crippen molar-refractivity contribution in [2.75, 3.05) is 0 Å². The van der Waals surface area contributed by atoms with Crippen molar-refractivity contribution < 1.29 is 9.21 Å². The van der Waals surface area contributed by atoms with Crippen LogP contribution in [0.5, 0.6) is 0 Å². The highest BCUT2D eigenvalue weighted by atomic mass is 35.5. The monoisotopic (exact) mass is 282 g/mol. The number of hydrogen-bond acceptors (Lipinski definition) is 4. The van der Waals surface area contributed by atoms with E-state index >= 15 is 0 Å². The number of benzene rings is 1. The first-order valence-electron chi connectivity index (χ1n) is 5.17. The van der Waals surface area contributed by atoms with E-state index in [0.717, 1.165) is 4.90 Å². The molecule has 0 saturated heterocycles. The second-order valence-electron chi connectivity index (χ2n) is 3.48. The summed E-state index contributed by atoms with van der Waals surface area (Å²) in [6, 6.07) is 10.9. The van der Waals surface area contributed by atoms with Crippen molar-refractivity contribution in [3.05, 3.63) is 52.9 Å². The van der Waals surface area contributed by atoms with E-state index in [-0.39, 0.29) is 5.76 Å². The summed E-state index contributed by atoms with van der Waals surface area (Å²) in [5.41, 5.74) is 2.02. The highest BCUT2D eigenvalue weighted by molar-refractivity contribution is 7.98. The van der Waals surface area contributed by atoms with E-state index in [2.05, 4.69) is 0 Å². The predicted octanol–water partition coefficient (Wildman–Crippen LogP) is 2.83. The summed E-state index contributed by atoms with van der Waals surface area (Å²) in [7, 11) is 0. The summed E-state index contributed by atoms with van der Waals surface area (Å²) >= 11 is 7.40. The molecule has 6 heteroatoms. The Bertz CT molecular complexity index is 539. The molecule has 1 heterocycles. The Morgan fingerprint density at radius 3 is 2.67 bits per heavy atom. The molecule has 4 nitrogen and oxygen atoms in total. The third-order valence-electron chi connectivity index (χ3n) is 2.21. The van der Waals surface area contributed by atoms with Crippen LogP contribution in [0.3, 0.4) is 0 Å². The molecule has 0 radical (unpaired) electrons. The molecule has 1 amide bonds. The predicted molar refractivity (Wildman–Crippen MR) is 71.4 cm³/mol. The Hall–Kier alpha value is -1.43. The first kappa shape index (κ1) is 13.0. The fraction of sp³-hybridized carbons (Fsp3) is 0.0833. The number of rotatable bonds is 4. The number of carbonyl (C=O) groups is 1. The number of nitrogen functional groups attached to an aromatic ring is 1. The Labute approximate surface area is 113 Å². The number of nitrogens with two attached hydrogens (primary N) is 1. The Morgan fingerprint density at radius 1 is 1.28 bits per heavy atom.